The van der Waals surface area contributed by atoms with Crippen molar-refractivity contribution in [2.24, 2.45) is 5.73 Å². The molecule has 1 amide bonds. The SMILES string of the molecule is CC(N)CCNC(=O)c1nnn(-c2ccccc2F)c1C(F)(F)F. The molecule has 130 valence electrons. The van der Waals surface area contributed by atoms with Gasteiger partial charge >= 0.3 is 6.18 Å². The Bertz CT molecular complexity index is 726. The average Bonchev–Trinajstić information content (AvgIpc) is 2.92. The molecule has 0 bridgehead atoms. The molecule has 6 nitrogen and oxygen atoms in total. The van der Waals surface area contributed by atoms with E-state index in [1.165, 1.54) is 12.1 Å². The number of carbonyl (C=O) groups excluding carboxylic acids is 1. The number of hydrogen-bond donors (Lipinski definition) is 2. The van der Waals surface area contributed by atoms with E-state index < -0.39 is 35.0 Å². The second-order valence-corrected chi connectivity index (χ2v) is 5.17. The molecule has 0 saturated carbocycles. The number of hydrogen-bond acceptors (Lipinski definition) is 4. The van der Waals surface area contributed by atoms with E-state index in [2.05, 4.69) is 15.6 Å². The first kappa shape index (κ1) is 17.9. The van der Waals surface area contributed by atoms with Crippen molar-refractivity contribution in [3.05, 3.63) is 41.5 Å². The third kappa shape index (κ3) is 3.88. The lowest BCUT2D eigenvalue weighted by Gasteiger charge is -2.12. The fraction of sp³-hybridized carbons (Fsp3) is 0.357. The van der Waals surface area contributed by atoms with Crippen LogP contribution >= 0.6 is 0 Å². The van der Waals surface area contributed by atoms with E-state index in [4.69, 9.17) is 5.73 Å². The number of benzene rings is 1. The molecule has 0 spiro atoms. The van der Waals surface area contributed by atoms with Gasteiger partial charge in [0.1, 0.15) is 11.5 Å². The van der Waals surface area contributed by atoms with Gasteiger partial charge in [-0.2, -0.15) is 13.2 Å². The summed E-state index contributed by atoms with van der Waals surface area (Å²) in [6.07, 6.45) is -4.56. The Morgan fingerprint density at radius 3 is 2.62 bits per heavy atom. The van der Waals surface area contributed by atoms with Gasteiger partial charge in [-0.05, 0) is 25.5 Å². The average molecular weight is 345 g/mol. The predicted molar refractivity (Wildman–Crippen MR) is 76.9 cm³/mol. The van der Waals surface area contributed by atoms with Gasteiger partial charge in [0.25, 0.3) is 5.91 Å². The molecule has 0 aliphatic carbocycles. The zero-order valence-corrected chi connectivity index (χ0v) is 12.6. The summed E-state index contributed by atoms with van der Waals surface area (Å²) in [4.78, 5) is 12.0. The van der Waals surface area contributed by atoms with Crippen LogP contribution in [-0.4, -0.2) is 33.5 Å². The second-order valence-electron chi connectivity index (χ2n) is 5.17. The zero-order chi connectivity index (χ0) is 17.9. The summed E-state index contributed by atoms with van der Waals surface area (Å²) in [5, 5.41) is 8.87. The van der Waals surface area contributed by atoms with Gasteiger partial charge in [0.15, 0.2) is 11.4 Å². The van der Waals surface area contributed by atoms with E-state index in [1.807, 2.05) is 0 Å². The summed E-state index contributed by atoms with van der Waals surface area (Å²) in [6.45, 7) is 1.78. The molecule has 1 aromatic heterocycles. The molecule has 0 aliphatic heterocycles. The molecule has 3 N–H and O–H groups in total. The minimum Gasteiger partial charge on any atom is -0.351 e. The molecule has 10 heteroatoms. The Kier molecular flexibility index (Phi) is 5.17. The monoisotopic (exact) mass is 345 g/mol. The van der Waals surface area contributed by atoms with Gasteiger partial charge < -0.3 is 11.1 Å². The number of nitrogens with one attached hydrogen (secondary N) is 1. The molecule has 0 aliphatic rings. The summed E-state index contributed by atoms with van der Waals surface area (Å²) >= 11 is 0. The largest absolute Gasteiger partial charge is 0.435 e. The highest BCUT2D eigenvalue weighted by Crippen LogP contribution is 2.33. The lowest BCUT2D eigenvalue weighted by Crippen LogP contribution is -2.31. The second kappa shape index (κ2) is 6.95. The molecule has 1 unspecified atom stereocenters. The van der Waals surface area contributed by atoms with Crippen LogP contribution in [0.1, 0.15) is 29.5 Å². The number of carbonyl (C=O) groups is 1. The van der Waals surface area contributed by atoms with E-state index in [-0.39, 0.29) is 17.3 Å². The van der Waals surface area contributed by atoms with Crippen LogP contribution in [0.3, 0.4) is 0 Å². The summed E-state index contributed by atoms with van der Waals surface area (Å²) in [5.41, 5.74) is 2.70. The molecular weight excluding hydrogens is 330 g/mol. The highest BCUT2D eigenvalue weighted by Gasteiger charge is 2.42. The van der Waals surface area contributed by atoms with Crippen LogP contribution in [0.5, 0.6) is 0 Å². The zero-order valence-electron chi connectivity index (χ0n) is 12.6. The topological polar surface area (TPSA) is 85.8 Å². The molecule has 1 heterocycles. The van der Waals surface area contributed by atoms with Crippen molar-refractivity contribution < 1.29 is 22.4 Å². The highest BCUT2D eigenvalue weighted by molar-refractivity contribution is 5.93. The van der Waals surface area contributed by atoms with Crippen LogP contribution < -0.4 is 11.1 Å². The van der Waals surface area contributed by atoms with Crippen molar-refractivity contribution in [2.75, 3.05) is 6.54 Å². The van der Waals surface area contributed by atoms with E-state index in [0.29, 0.717) is 6.42 Å². The summed E-state index contributed by atoms with van der Waals surface area (Å²) in [5.74, 6) is -1.97. The van der Waals surface area contributed by atoms with Crippen molar-refractivity contribution in [1.82, 2.24) is 20.3 Å². The van der Waals surface area contributed by atoms with Crippen LogP contribution in [0.15, 0.2) is 24.3 Å². The number of amides is 1. The Balaban J connectivity index is 2.41. The number of aromatic nitrogens is 3. The highest BCUT2D eigenvalue weighted by atomic mass is 19.4. The number of para-hydroxylation sites is 1. The minimum atomic E-state index is -4.94. The summed E-state index contributed by atoms with van der Waals surface area (Å²) < 4.78 is 54.1. The van der Waals surface area contributed by atoms with E-state index in [9.17, 15) is 22.4 Å². The van der Waals surface area contributed by atoms with Crippen molar-refractivity contribution in [3.63, 3.8) is 0 Å². The van der Waals surface area contributed by atoms with Crippen molar-refractivity contribution in [2.45, 2.75) is 25.6 Å². The molecule has 1 atom stereocenters. The Morgan fingerprint density at radius 2 is 2.04 bits per heavy atom. The van der Waals surface area contributed by atoms with Gasteiger partial charge in [-0.25, -0.2) is 9.07 Å². The van der Waals surface area contributed by atoms with Crippen LogP contribution in [0.25, 0.3) is 5.69 Å². The van der Waals surface area contributed by atoms with Gasteiger partial charge in [0, 0.05) is 12.6 Å². The first-order valence-electron chi connectivity index (χ1n) is 7.03. The van der Waals surface area contributed by atoms with Gasteiger partial charge in [0.2, 0.25) is 0 Å². The lowest BCUT2D eigenvalue weighted by atomic mass is 10.2. The molecule has 0 fully saturated rings. The fourth-order valence-electron chi connectivity index (χ4n) is 1.98. The van der Waals surface area contributed by atoms with Gasteiger partial charge in [0.05, 0.1) is 0 Å². The number of alkyl halides is 3. The summed E-state index contributed by atoms with van der Waals surface area (Å²) in [7, 11) is 0. The van der Waals surface area contributed by atoms with Gasteiger partial charge in [-0.3, -0.25) is 4.79 Å². The maximum absolute atomic E-state index is 13.8. The molecule has 0 saturated heterocycles. The van der Waals surface area contributed by atoms with Crippen molar-refractivity contribution in [3.8, 4) is 5.69 Å². The third-order valence-electron chi connectivity index (χ3n) is 3.12. The first-order valence-corrected chi connectivity index (χ1v) is 7.03. The first-order chi connectivity index (χ1) is 11.2. The molecule has 24 heavy (non-hydrogen) atoms. The Hall–Kier alpha value is -2.49. The van der Waals surface area contributed by atoms with Crippen LogP contribution in [0, 0.1) is 5.82 Å². The van der Waals surface area contributed by atoms with E-state index in [1.54, 1.807) is 6.92 Å². The molecular formula is C14H15F4N5O. The van der Waals surface area contributed by atoms with Crippen molar-refractivity contribution in [1.29, 1.82) is 0 Å². The molecule has 2 aromatic rings. The Labute approximate surface area is 134 Å². The number of halogens is 4. The van der Waals surface area contributed by atoms with Gasteiger partial charge in [-0.15, -0.1) is 5.10 Å². The van der Waals surface area contributed by atoms with E-state index >= 15 is 0 Å². The molecule has 1 aromatic carbocycles. The number of nitrogens with zero attached hydrogens (tertiary/aromatic N) is 3. The van der Waals surface area contributed by atoms with Crippen LogP contribution in [0.2, 0.25) is 0 Å². The van der Waals surface area contributed by atoms with Crippen LogP contribution in [-0.2, 0) is 6.18 Å². The minimum absolute atomic E-state index is 0.0837. The number of nitrogens with two attached hydrogens (primary N) is 1. The van der Waals surface area contributed by atoms with E-state index in [0.717, 1.165) is 12.1 Å². The molecule has 0 radical (unpaired) electrons. The quantitative estimate of drug-likeness (QED) is 0.811. The lowest BCUT2D eigenvalue weighted by molar-refractivity contribution is -0.143. The fourth-order valence-corrected chi connectivity index (χ4v) is 1.98. The number of rotatable bonds is 5. The predicted octanol–water partition coefficient (Wildman–Crippen LogP) is 1.89. The van der Waals surface area contributed by atoms with Crippen molar-refractivity contribution >= 4 is 5.91 Å². The standard InChI is InChI=1S/C14H15F4N5O/c1-8(19)6-7-20-13(24)11-12(14(16,17)18)23(22-21-11)10-5-3-2-4-9(10)15/h2-5,8H,6-7,19H2,1H3,(H,20,24). The van der Waals surface area contributed by atoms with Crippen LogP contribution in [0.4, 0.5) is 17.6 Å². The van der Waals surface area contributed by atoms with Gasteiger partial charge in [-0.1, -0.05) is 17.3 Å². The summed E-state index contributed by atoms with van der Waals surface area (Å²) in [6, 6.07) is 4.55. The normalized spacial score (nSPS) is 12.9. The maximum Gasteiger partial charge on any atom is 0.435 e. The Morgan fingerprint density at radius 1 is 1.38 bits per heavy atom. The maximum atomic E-state index is 13.8. The smallest absolute Gasteiger partial charge is 0.351 e. The molecule has 2 rings (SSSR count). The third-order valence-corrected chi connectivity index (χ3v) is 3.12.